The number of H-pyrrole nitrogens is 1. The summed E-state index contributed by atoms with van der Waals surface area (Å²) in [4.78, 5) is 34.6. The van der Waals surface area contributed by atoms with E-state index in [9.17, 15) is 14.4 Å². The summed E-state index contributed by atoms with van der Waals surface area (Å²) in [5.41, 5.74) is 5.55. The van der Waals surface area contributed by atoms with Crippen molar-refractivity contribution in [1.29, 1.82) is 0 Å². The standard InChI is InChI=1S/C14H15N5O4/c1-3-23-14(22)9-4-6-10(7-5-9)16-17-11-12(15)18-19(8(2)20)13(11)21/h4-7,18H,3,15H2,1-2H3. The Morgan fingerprint density at radius 1 is 1.26 bits per heavy atom. The number of benzene rings is 1. The number of carbonyl (C=O) groups excluding carboxylic acids is 2. The van der Waals surface area contributed by atoms with Crippen LogP contribution in [0.15, 0.2) is 39.3 Å². The maximum atomic E-state index is 11.9. The zero-order valence-corrected chi connectivity index (χ0v) is 12.6. The van der Waals surface area contributed by atoms with Crippen molar-refractivity contribution in [3.63, 3.8) is 0 Å². The Bertz CT molecular complexity index is 817. The second-order valence-corrected chi connectivity index (χ2v) is 4.50. The molecule has 2 rings (SSSR count). The van der Waals surface area contributed by atoms with Gasteiger partial charge < -0.3 is 10.5 Å². The molecule has 0 aliphatic carbocycles. The minimum absolute atomic E-state index is 0.0582. The van der Waals surface area contributed by atoms with Crippen molar-refractivity contribution in [3.8, 4) is 0 Å². The number of rotatable bonds is 4. The summed E-state index contributed by atoms with van der Waals surface area (Å²) in [6, 6.07) is 6.14. The van der Waals surface area contributed by atoms with Crippen LogP contribution >= 0.6 is 0 Å². The van der Waals surface area contributed by atoms with Crippen molar-refractivity contribution in [2.75, 3.05) is 12.3 Å². The molecule has 0 aliphatic rings. The van der Waals surface area contributed by atoms with E-state index < -0.39 is 17.4 Å². The molecule has 1 aromatic carbocycles. The van der Waals surface area contributed by atoms with E-state index in [4.69, 9.17) is 10.5 Å². The number of nitrogens with two attached hydrogens (primary N) is 1. The Labute approximate surface area is 130 Å². The number of esters is 1. The maximum absolute atomic E-state index is 11.9. The average Bonchev–Trinajstić information content (AvgIpc) is 2.81. The summed E-state index contributed by atoms with van der Waals surface area (Å²) in [6.45, 7) is 3.22. The SMILES string of the molecule is CCOC(=O)c1ccc(N=Nc2c(N)[nH]n(C(C)=O)c2=O)cc1. The second kappa shape index (κ2) is 6.69. The summed E-state index contributed by atoms with van der Waals surface area (Å²) in [5.74, 6) is -1.01. The van der Waals surface area contributed by atoms with Gasteiger partial charge in [-0.1, -0.05) is 0 Å². The first-order chi connectivity index (χ1) is 10.9. The largest absolute Gasteiger partial charge is 0.462 e. The third kappa shape index (κ3) is 3.51. The van der Waals surface area contributed by atoms with Crippen LogP contribution in [0.2, 0.25) is 0 Å². The number of aromatic nitrogens is 2. The molecule has 23 heavy (non-hydrogen) atoms. The van der Waals surface area contributed by atoms with E-state index in [1.165, 1.54) is 19.1 Å². The van der Waals surface area contributed by atoms with Crippen LogP contribution in [0.25, 0.3) is 0 Å². The summed E-state index contributed by atoms with van der Waals surface area (Å²) >= 11 is 0. The molecule has 9 nitrogen and oxygen atoms in total. The van der Waals surface area contributed by atoms with E-state index in [0.29, 0.717) is 11.3 Å². The molecule has 2 aromatic rings. The summed E-state index contributed by atoms with van der Waals surface area (Å²) in [5, 5.41) is 10.0. The van der Waals surface area contributed by atoms with Gasteiger partial charge in [0, 0.05) is 6.92 Å². The predicted octanol–water partition coefficient (Wildman–Crippen LogP) is 2.01. The molecule has 9 heteroatoms. The zero-order valence-electron chi connectivity index (χ0n) is 12.6. The van der Waals surface area contributed by atoms with Gasteiger partial charge in [-0.2, -0.15) is 9.80 Å². The first kappa shape index (κ1) is 16.1. The third-order valence-electron chi connectivity index (χ3n) is 2.85. The monoisotopic (exact) mass is 317 g/mol. The van der Waals surface area contributed by atoms with Gasteiger partial charge in [0.2, 0.25) is 5.91 Å². The number of anilines is 1. The molecule has 0 radical (unpaired) electrons. The van der Waals surface area contributed by atoms with Crippen molar-refractivity contribution >= 4 is 29.1 Å². The summed E-state index contributed by atoms with van der Waals surface area (Å²) < 4.78 is 5.61. The maximum Gasteiger partial charge on any atom is 0.338 e. The van der Waals surface area contributed by atoms with Crippen LogP contribution in [-0.2, 0) is 4.74 Å². The van der Waals surface area contributed by atoms with Gasteiger partial charge in [-0.25, -0.2) is 4.79 Å². The van der Waals surface area contributed by atoms with Gasteiger partial charge in [0.1, 0.15) is 5.82 Å². The number of ether oxygens (including phenoxy) is 1. The van der Waals surface area contributed by atoms with Crippen LogP contribution in [0.3, 0.4) is 0 Å². The first-order valence-corrected chi connectivity index (χ1v) is 6.74. The molecule has 0 spiro atoms. The zero-order chi connectivity index (χ0) is 17.0. The van der Waals surface area contributed by atoms with E-state index in [-0.39, 0.29) is 18.1 Å². The number of nitrogens with one attached hydrogen (secondary N) is 1. The molecule has 0 saturated heterocycles. The molecule has 0 unspecified atom stereocenters. The molecule has 1 aromatic heterocycles. The highest BCUT2D eigenvalue weighted by atomic mass is 16.5. The molecule has 0 bridgehead atoms. The smallest absolute Gasteiger partial charge is 0.338 e. The number of nitrogen functional groups attached to an aromatic ring is 1. The fourth-order valence-corrected chi connectivity index (χ4v) is 1.75. The van der Waals surface area contributed by atoms with Crippen molar-refractivity contribution < 1.29 is 14.3 Å². The molecule has 0 fully saturated rings. The Kier molecular flexibility index (Phi) is 4.69. The van der Waals surface area contributed by atoms with Crippen LogP contribution in [0.1, 0.15) is 29.0 Å². The number of aromatic amines is 1. The van der Waals surface area contributed by atoms with Gasteiger partial charge >= 0.3 is 11.5 Å². The highest BCUT2D eigenvalue weighted by molar-refractivity contribution is 5.89. The molecular formula is C14H15N5O4. The van der Waals surface area contributed by atoms with Gasteiger partial charge in [-0.05, 0) is 31.2 Å². The lowest BCUT2D eigenvalue weighted by molar-refractivity contribution is 0.0526. The lowest BCUT2D eigenvalue weighted by atomic mass is 10.2. The van der Waals surface area contributed by atoms with E-state index in [0.717, 1.165) is 4.68 Å². The quantitative estimate of drug-likeness (QED) is 0.657. The molecule has 120 valence electrons. The minimum Gasteiger partial charge on any atom is -0.462 e. The Morgan fingerprint density at radius 3 is 2.43 bits per heavy atom. The highest BCUT2D eigenvalue weighted by Gasteiger charge is 2.14. The van der Waals surface area contributed by atoms with Gasteiger partial charge in [-0.3, -0.25) is 14.7 Å². The van der Waals surface area contributed by atoms with Gasteiger partial charge in [0.15, 0.2) is 5.69 Å². The minimum atomic E-state index is -0.679. The lowest BCUT2D eigenvalue weighted by Gasteiger charge is -2.00. The average molecular weight is 317 g/mol. The van der Waals surface area contributed by atoms with Crippen molar-refractivity contribution in [2.45, 2.75) is 13.8 Å². The molecule has 0 aliphatic heterocycles. The number of carbonyl (C=O) groups is 2. The van der Waals surface area contributed by atoms with E-state index in [1.54, 1.807) is 19.1 Å². The van der Waals surface area contributed by atoms with E-state index in [2.05, 4.69) is 15.3 Å². The molecule has 0 saturated carbocycles. The number of nitrogens with zero attached hydrogens (tertiary/aromatic N) is 3. The first-order valence-electron chi connectivity index (χ1n) is 6.74. The topological polar surface area (TPSA) is 132 Å². The molecule has 1 heterocycles. The Balaban J connectivity index is 2.23. The number of hydrogen-bond acceptors (Lipinski definition) is 7. The van der Waals surface area contributed by atoms with Crippen LogP contribution in [-0.4, -0.2) is 28.3 Å². The lowest BCUT2D eigenvalue weighted by Crippen LogP contribution is -2.21. The van der Waals surface area contributed by atoms with Crippen LogP contribution < -0.4 is 11.3 Å². The second-order valence-electron chi connectivity index (χ2n) is 4.50. The summed E-state index contributed by atoms with van der Waals surface area (Å²) in [6.07, 6.45) is 0. The normalized spacial score (nSPS) is 10.9. The summed E-state index contributed by atoms with van der Waals surface area (Å²) in [7, 11) is 0. The van der Waals surface area contributed by atoms with Crippen molar-refractivity contribution in [3.05, 3.63) is 40.2 Å². The van der Waals surface area contributed by atoms with E-state index >= 15 is 0 Å². The number of hydrogen-bond donors (Lipinski definition) is 2. The van der Waals surface area contributed by atoms with Crippen molar-refractivity contribution in [1.82, 2.24) is 9.78 Å². The Hall–Kier alpha value is -3.23. The highest BCUT2D eigenvalue weighted by Crippen LogP contribution is 2.20. The van der Waals surface area contributed by atoms with Crippen LogP contribution in [0.5, 0.6) is 0 Å². The van der Waals surface area contributed by atoms with Crippen LogP contribution in [0.4, 0.5) is 17.2 Å². The third-order valence-corrected chi connectivity index (χ3v) is 2.85. The molecule has 3 N–H and O–H groups in total. The molecule has 0 amide bonds. The predicted molar refractivity (Wildman–Crippen MR) is 82.3 cm³/mol. The van der Waals surface area contributed by atoms with Crippen molar-refractivity contribution in [2.24, 2.45) is 10.2 Å². The van der Waals surface area contributed by atoms with Gasteiger partial charge in [0.25, 0.3) is 0 Å². The fraction of sp³-hybridized carbons (Fsp3) is 0.214. The molecular weight excluding hydrogens is 302 g/mol. The number of azo groups is 1. The van der Waals surface area contributed by atoms with Gasteiger partial charge in [-0.15, -0.1) is 5.11 Å². The van der Waals surface area contributed by atoms with E-state index in [1.807, 2.05) is 0 Å². The molecule has 0 atom stereocenters. The Morgan fingerprint density at radius 2 is 1.91 bits per heavy atom. The van der Waals surface area contributed by atoms with Crippen LogP contribution in [0, 0.1) is 0 Å². The fourth-order valence-electron chi connectivity index (χ4n) is 1.75. The van der Waals surface area contributed by atoms with Gasteiger partial charge in [0.05, 0.1) is 17.9 Å².